The summed E-state index contributed by atoms with van der Waals surface area (Å²) in [6, 6.07) is 12.9. The predicted octanol–water partition coefficient (Wildman–Crippen LogP) is 4.44. The molecule has 0 saturated heterocycles. The van der Waals surface area contributed by atoms with Crippen LogP contribution in [0.5, 0.6) is 0 Å². The summed E-state index contributed by atoms with van der Waals surface area (Å²) < 4.78 is 15.3. The molecule has 1 unspecified atom stereocenters. The van der Waals surface area contributed by atoms with Gasteiger partial charge in [-0.3, -0.25) is 9.59 Å². The zero-order valence-corrected chi connectivity index (χ0v) is 17.1. The van der Waals surface area contributed by atoms with Gasteiger partial charge in [0.1, 0.15) is 5.82 Å². The molecule has 4 rings (SSSR count). The molecular weight excluding hydrogens is 383 g/mol. The maximum atomic E-state index is 13.3. The molecule has 5 nitrogen and oxygen atoms in total. The molecule has 2 aromatic carbocycles. The Morgan fingerprint density at radius 2 is 1.80 bits per heavy atom. The van der Waals surface area contributed by atoms with Crippen molar-refractivity contribution in [3.63, 3.8) is 0 Å². The first-order valence-electron chi connectivity index (χ1n) is 9.86. The number of aryl methyl sites for hydroxylation is 1. The number of aliphatic hydroxyl groups is 1. The number of Topliss-reactive ketones (excluding diaryl/α,β-unsaturated/α-hetero) is 1. The lowest BCUT2D eigenvalue weighted by Crippen LogP contribution is -2.31. The fraction of sp³-hybridized carbons (Fsp3) is 0.250. The lowest BCUT2D eigenvalue weighted by atomic mass is 9.91. The molecule has 1 amide bonds. The Kier molecular flexibility index (Phi) is 4.94. The van der Waals surface area contributed by atoms with Crippen LogP contribution in [0.15, 0.2) is 66.1 Å². The quantitative estimate of drug-likeness (QED) is 0.681. The maximum Gasteiger partial charge on any atom is 0.290 e. The van der Waals surface area contributed by atoms with Crippen molar-refractivity contribution in [2.24, 2.45) is 13.0 Å². The third kappa shape index (κ3) is 3.18. The standard InChI is InChI=1S/C24H23FN2O3/c1-14(2)22(28)20-21(18-13-26(3)19-7-5-4-6-17(18)19)27(24(30)23(20)29)12-15-8-10-16(25)11-9-15/h4-11,13-14,21,29H,12H2,1-3H3. The lowest BCUT2D eigenvalue weighted by molar-refractivity contribution is -0.130. The number of halogens is 1. The Hall–Kier alpha value is -3.41. The van der Waals surface area contributed by atoms with Crippen LogP contribution in [0.25, 0.3) is 10.9 Å². The van der Waals surface area contributed by atoms with Gasteiger partial charge < -0.3 is 14.6 Å². The Balaban J connectivity index is 1.88. The summed E-state index contributed by atoms with van der Waals surface area (Å²) in [6.45, 7) is 3.64. The lowest BCUT2D eigenvalue weighted by Gasteiger charge is -2.27. The molecule has 0 radical (unpaired) electrons. The number of hydrogen-bond donors (Lipinski definition) is 1. The van der Waals surface area contributed by atoms with Crippen LogP contribution >= 0.6 is 0 Å². The number of para-hydroxylation sites is 1. The number of carbonyl (C=O) groups excluding carboxylic acids is 2. The van der Waals surface area contributed by atoms with E-state index in [9.17, 15) is 19.1 Å². The molecule has 0 saturated carbocycles. The van der Waals surface area contributed by atoms with Gasteiger partial charge in [0, 0.05) is 42.2 Å². The van der Waals surface area contributed by atoms with E-state index in [2.05, 4.69) is 0 Å². The summed E-state index contributed by atoms with van der Waals surface area (Å²) in [5.41, 5.74) is 2.57. The average Bonchev–Trinajstić information content (AvgIpc) is 3.18. The SMILES string of the molecule is CC(C)C(=O)C1=C(O)C(=O)N(Cc2ccc(F)cc2)C1c1cn(C)c2ccccc12. The van der Waals surface area contributed by atoms with Crippen molar-refractivity contribution in [3.8, 4) is 0 Å². The molecule has 3 aromatic rings. The second-order valence-electron chi connectivity index (χ2n) is 7.96. The van der Waals surface area contributed by atoms with Crippen molar-refractivity contribution in [1.82, 2.24) is 9.47 Å². The Bertz CT molecular complexity index is 1170. The first kappa shape index (κ1) is 19.9. The average molecular weight is 406 g/mol. The van der Waals surface area contributed by atoms with Crippen molar-refractivity contribution in [3.05, 3.63) is 83.0 Å². The van der Waals surface area contributed by atoms with E-state index in [1.54, 1.807) is 26.0 Å². The highest BCUT2D eigenvalue weighted by molar-refractivity contribution is 6.10. The highest BCUT2D eigenvalue weighted by atomic mass is 19.1. The van der Waals surface area contributed by atoms with Gasteiger partial charge in [-0.2, -0.15) is 0 Å². The molecule has 1 atom stereocenters. The number of hydrogen-bond acceptors (Lipinski definition) is 3. The van der Waals surface area contributed by atoms with E-state index in [0.29, 0.717) is 5.56 Å². The minimum Gasteiger partial charge on any atom is -0.503 e. The smallest absolute Gasteiger partial charge is 0.290 e. The fourth-order valence-corrected chi connectivity index (χ4v) is 4.08. The number of nitrogens with zero attached hydrogens (tertiary/aromatic N) is 2. The molecule has 0 fully saturated rings. The number of rotatable bonds is 5. The molecule has 0 spiro atoms. The Morgan fingerprint density at radius 1 is 1.13 bits per heavy atom. The van der Waals surface area contributed by atoms with Gasteiger partial charge in [-0.1, -0.05) is 44.2 Å². The number of ketones is 1. The largest absolute Gasteiger partial charge is 0.503 e. The molecule has 1 aliphatic rings. The molecule has 6 heteroatoms. The summed E-state index contributed by atoms with van der Waals surface area (Å²) in [7, 11) is 1.90. The van der Waals surface area contributed by atoms with E-state index < -0.39 is 17.7 Å². The van der Waals surface area contributed by atoms with Crippen LogP contribution in [-0.2, 0) is 23.2 Å². The molecule has 0 aliphatic carbocycles. The topological polar surface area (TPSA) is 62.5 Å². The second-order valence-corrected chi connectivity index (χ2v) is 7.96. The molecule has 154 valence electrons. The summed E-state index contributed by atoms with van der Waals surface area (Å²) in [5.74, 6) is -2.11. The van der Waals surface area contributed by atoms with Crippen LogP contribution < -0.4 is 0 Å². The normalized spacial score (nSPS) is 16.9. The minimum absolute atomic E-state index is 0.119. The number of benzene rings is 2. The molecule has 1 aliphatic heterocycles. The first-order chi connectivity index (χ1) is 14.3. The first-order valence-corrected chi connectivity index (χ1v) is 9.86. The Labute approximate surface area is 174 Å². The molecule has 30 heavy (non-hydrogen) atoms. The van der Waals surface area contributed by atoms with Crippen LogP contribution in [0, 0.1) is 11.7 Å². The molecule has 1 aromatic heterocycles. The number of aromatic nitrogens is 1. The van der Waals surface area contributed by atoms with Crippen molar-refractivity contribution < 1.29 is 19.1 Å². The number of fused-ring (bicyclic) bond motifs is 1. The van der Waals surface area contributed by atoms with E-state index >= 15 is 0 Å². The van der Waals surface area contributed by atoms with Crippen LogP contribution in [0.3, 0.4) is 0 Å². The van der Waals surface area contributed by atoms with Crippen molar-refractivity contribution in [2.75, 3.05) is 0 Å². The summed E-state index contributed by atoms with van der Waals surface area (Å²) in [6.07, 6.45) is 1.90. The van der Waals surface area contributed by atoms with Gasteiger partial charge >= 0.3 is 0 Å². The van der Waals surface area contributed by atoms with Gasteiger partial charge in [0.2, 0.25) is 0 Å². The Morgan fingerprint density at radius 3 is 2.47 bits per heavy atom. The van der Waals surface area contributed by atoms with Crippen molar-refractivity contribution in [1.29, 1.82) is 0 Å². The van der Waals surface area contributed by atoms with E-state index in [1.165, 1.54) is 17.0 Å². The summed E-state index contributed by atoms with van der Waals surface area (Å²) in [5, 5.41) is 11.6. The van der Waals surface area contributed by atoms with Gasteiger partial charge in [0.05, 0.1) is 11.6 Å². The summed E-state index contributed by atoms with van der Waals surface area (Å²) in [4.78, 5) is 27.5. The third-order valence-electron chi connectivity index (χ3n) is 5.58. The number of amides is 1. The van der Waals surface area contributed by atoms with Crippen LogP contribution in [0.1, 0.15) is 31.0 Å². The number of aliphatic hydroxyl groups excluding tert-OH is 1. The van der Waals surface area contributed by atoms with Crippen molar-refractivity contribution >= 4 is 22.6 Å². The van der Waals surface area contributed by atoms with Gasteiger partial charge in [0.15, 0.2) is 11.5 Å². The van der Waals surface area contributed by atoms with E-state index in [0.717, 1.165) is 16.5 Å². The molecule has 1 N–H and O–H groups in total. The fourth-order valence-electron chi connectivity index (χ4n) is 4.08. The zero-order valence-electron chi connectivity index (χ0n) is 17.1. The van der Waals surface area contributed by atoms with Gasteiger partial charge in [-0.15, -0.1) is 0 Å². The number of carbonyl (C=O) groups is 2. The maximum absolute atomic E-state index is 13.3. The molecule has 2 heterocycles. The van der Waals surface area contributed by atoms with E-state index in [4.69, 9.17) is 0 Å². The van der Waals surface area contributed by atoms with Crippen LogP contribution in [-0.4, -0.2) is 26.3 Å². The van der Waals surface area contributed by atoms with Gasteiger partial charge in [-0.05, 0) is 23.8 Å². The second kappa shape index (κ2) is 7.44. The highest BCUT2D eigenvalue weighted by Gasteiger charge is 2.44. The molecular formula is C24H23FN2O3. The minimum atomic E-state index is -0.719. The van der Waals surface area contributed by atoms with Gasteiger partial charge in [0.25, 0.3) is 5.91 Å². The van der Waals surface area contributed by atoms with Crippen LogP contribution in [0.2, 0.25) is 0 Å². The highest BCUT2D eigenvalue weighted by Crippen LogP contribution is 2.42. The van der Waals surface area contributed by atoms with Crippen molar-refractivity contribution in [2.45, 2.75) is 26.4 Å². The monoisotopic (exact) mass is 406 g/mol. The van der Waals surface area contributed by atoms with Crippen LogP contribution in [0.4, 0.5) is 4.39 Å². The summed E-state index contributed by atoms with van der Waals surface area (Å²) >= 11 is 0. The van der Waals surface area contributed by atoms with E-state index in [1.807, 2.05) is 42.1 Å². The van der Waals surface area contributed by atoms with E-state index in [-0.39, 0.29) is 29.6 Å². The molecule has 0 bridgehead atoms. The third-order valence-corrected chi connectivity index (χ3v) is 5.58. The predicted molar refractivity (Wildman–Crippen MR) is 112 cm³/mol. The van der Waals surface area contributed by atoms with Gasteiger partial charge in [-0.25, -0.2) is 4.39 Å². The zero-order chi connectivity index (χ0) is 21.6.